The fourth-order valence-electron chi connectivity index (χ4n) is 2.04. The first kappa shape index (κ1) is 13.3. The first-order valence-corrected chi connectivity index (χ1v) is 6.33. The number of rotatable bonds is 5. The van der Waals surface area contributed by atoms with Crippen molar-refractivity contribution in [2.24, 2.45) is 0 Å². The first-order chi connectivity index (χ1) is 9.19. The molecule has 0 spiro atoms. The summed E-state index contributed by atoms with van der Waals surface area (Å²) < 4.78 is 5.09. The number of aromatic hydroxyl groups is 2. The molecule has 0 saturated carbocycles. The minimum atomic E-state index is 0.171. The fraction of sp³-hybridized carbons (Fsp3) is 0.250. The molecule has 0 aliphatic heterocycles. The van der Waals surface area contributed by atoms with E-state index < -0.39 is 0 Å². The van der Waals surface area contributed by atoms with Crippen LogP contribution in [0.25, 0.3) is 0 Å². The zero-order chi connectivity index (χ0) is 13.7. The molecule has 0 amide bonds. The van der Waals surface area contributed by atoms with Crippen molar-refractivity contribution in [3.63, 3.8) is 0 Å². The molecule has 2 rings (SSSR count). The van der Waals surface area contributed by atoms with Crippen LogP contribution in [-0.2, 0) is 12.8 Å². The van der Waals surface area contributed by atoms with Crippen LogP contribution < -0.4 is 4.74 Å². The van der Waals surface area contributed by atoms with Crippen molar-refractivity contribution in [1.29, 1.82) is 0 Å². The molecule has 0 aliphatic carbocycles. The normalized spacial score (nSPS) is 10.4. The number of hydrogen-bond acceptors (Lipinski definition) is 3. The maximum atomic E-state index is 9.52. The fourth-order valence-corrected chi connectivity index (χ4v) is 2.04. The van der Waals surface area contributed by atoms with Crippen LogP contribution in [0.4, 0.5) is 0 Å². The monoisotopic (exact) mass is 258 g/mol. The van der Waals surface area contributed by atoms with E-state index in [-0.39, 0.29) is 5.75 Å². The number of hydrogen-bond donors (Lipinski definition) is 2. The lowest BCUT2D eigenvalue weighted by Crippen LogP contribution is -1.91. The van der Waals surface area contributed by atoms with Crippen LogP contribution in [0.1, 0.15) is 17.5 Å². The van der Waals surface area contributed by atoms with Gasteiger partial charge in [-0.25, -0.2) is 0 Å². The smallest absolute Gasteiger partial charge is 0.160 e. The van der Waals surface area contributed by atoms with Crippen molar-refractivity contribution in [3.05, 3.63) is 53.6 Å². The van der Waals surface area contributed by atoms with Crippen LogP contribution in [0, 0.1) is 0 Å². The molecule has 3 nitrogen and oxygen atoms in total. The highest BCUT2D eigenvalue weighted by molar-refractivity contribution is 5.41. The summed E-state index contributed by atoms with van der Waals surface area (Å²) in [5.74, 6) is 0.985. The quantitative estimate of drug-likeness (QED) is 0.865. The van der Waals surface area contributed by atoms with Crippen molar-refractivity contribution >= 4 is 0 Å². The third-order valence-electron chi connectivity index (χ3n) is 3.11. The highest BCUT2D eigenvalue weighted by Crippen LogP contribution is 2.26. The Morgan fingerprint density at radius 3 is 2.21 bits per heavy atom. The maximum Gasteiger partial charge on any atom is 0.160 e. The zero-order valence-electron chi connectivity index (χ0n) is 11.0. The summed E-state index contributed by atoms with van der Waals surface area (Å²) >= 11 is 0. The van der Waals surface area contributed by atoms with Gasteiger partial charge in [0.25, 0.3) is 0 Å². The Kier molecular flexibility index (Phi) is 4.29. The highest BCUT2D eigenvalue weighted by atomic mass is 16.5. The molecule has 0 saturated heterocycles. The van der Waals surface area contributed by atoms with Gasteiger partial charge in [-0.1, -0.05) is 18.2 Å². The maximum absolute atomic E-state index is 9.52. The van der Waals surface area contributed by atoms with E-state index in [1.54, 1.807) is 25.3 Å². The number of aryl methyl sites for hydroxylation is 2. The molecule has 0 aliphatic rings. The van der Waals surface area contributed by atoms with Crippen LogP contribution in [-0.4, -0.2) is 17.3 Å². The van der Waals surface area contributed by atoms with Gasteiger partial charge in [0, 0.05) is 0 Å². The zero-order valence-corrected chi connectivity index (χ0v) is 11.0. The van der Waals surface area contributed by atoms with E-state index in [9.17, 15) is 10.2 Å². The van der Waals surface area contributed by atoms with Crippen LogP contribution in [0.5, 0.6) is 17.2 Å². The van der Waals surface area contributed by atoms with E-state index in [4.69, 9.17) is 4.74 Å². The first-order valence-electron chi connectivity index (χ1n) is 6.33. The van der Waals surface area contributed by atoms with Gasteiger partial charge in [-0.05, 0) is 54.7 Å². The van der Waals surface area contributed by atoms with Crippen LogP contribution in [0.2, 0.25) is 0 Å². The molecule has 2 aromatic carbocycles. The molecule has 0 fully saturated rings. The van der Waals surface area contributed by atoms with E-state index in [0.717, 1.165) is 24.8 Å². The SMILES string of the molecule is COc1cc(CCCc2ccc(O)cc2)ccc1O. The van der Waals surface area contributed by atoms with E-state index in [0.29, 0.717) is 11.5 Å². The van der Waals surface area contributed by atoms with Gasteiger partial charge in [-0.2, -0.15) is 0 Å². The van der Waals surface area contributed by atoms with Crippen LogP contribution >= 0.6 is 0 Å². The second kappa shape index (κ2) is 6.14. The Hall–Kier alpha value is -2.16. The Labute approximate surface area is 113 Å². The molecular formula is C16H18O3. The molecule has 0 bridgehead atoms. The Morgan fingerprint density at radius 1 is 0.895 bits per heavy atom. The molecule has 0 aromatic heterocycles. The second-order valence-corrected chi connectivity index (χ2v) is 4.53. The molecule has 2 N–H and O–H groups in total. The average Bonchev–Trinajstić information content (AvgIpc) is 2.43. The lowest BCUT2D eigenvalue weighted by atomic mass is 10.0. The molecule has 0 atom stereocenters. The summed E-state index contributed by atoms with van der Waals surface area (Å²) in [7, 11) is 1.55. The van der Waals surface area contributed by atoms with Gasteiger partial charge >= 0.3 is 0 Å². The average molecular weight is 258 g/mol. The Balaban J connectivity index is 1.90. The molecule has 100 valence electrons. The molecule has 3 heteroatoms. The van der Waals surface area contributed by atoms with Gasteiger partial charge in [-0.3, -0.25) is 0 Å². The van der Waals surface area contributed by atoms with Crippen LogP contribution in [0.3, 0.4) is 0 Å². The molecule has 19 heavy (non-hydrogen) atoms. The predicted octanol–water partition coefficient (Wildman–Crippen LogP) is 3.28. The summed E-state index contributed by atoms with van der Waals surface area (Å²) in [6.07, 6.45) is 2.90. The standard InChI is InChI=1S/C16H18O3/c1-19-16-11-13(7-10-15(16)18)4-2-3-12-5-8-14(17)9-6-12/h5-11,17-18H,2-4H2,1H3. The van der Waals surface area contributed by atoms with Gasteiger partial charge in [0.05, 0.1) is 7.11 Å². The number of benzene rings is 2. The minimum absolute atomic E-state index is 0.171. The van der Waals surface area contributed by atoms with Gasteiger partial charge in [0.2, 0.25) is 0 Å². The number of methoxy groups -OCH3 is 1. The number of ether oxygens (including phenoxy) is 1. The Morgan fingerprint density at radius 2 is 1.53 bits per heavy atom. The van der Waals surface area contributed by atoms with Crippen molar-refractivity contribution in [2.45, 2.75) is 19.3 Å². The highest BCUT2D eigenvalue weighted by Gasteiger charge is 2.02. The van der Waals surface area contributed by atoms with Crippen LogP contribution in [0.15, 0.2) is 42.5 Å². The predicted molar refractivity (Wildman–Crippen MR) is 74.8 cm³/mol. The topological polar surface area (TPSA) is 49.7 Å². The van der Waals surface area contributed by atoms with Crippen molar-refractivity contribution in [3.8, 4) is 17.2 Å². The van der Waals surface area contributed by atoms with Gasteiger partial charge < -0.3 is 14.9 Å². The van der Waals surface area contributed by atoms with Gasteiger partial charge in [-0.15, -0.1) is 0 Å². The molecular weight excluding hydrogens is 240 g/mol. The second-order valence-electron chi connectivity index (χ2n) is 4.53. The third-order valence-corrected chi connectivity index (χ3v) is 3.11. The van der Waals surface area contributed by atoms with E-state index in [1.165, 1.54) is 5.56 Å². The summed E-state index contributed by atoms with van der Waals surface area (Å²) in [5.41, 5.74) is 2.36. The van der Waals surface area contributed by atoms with Gasteiger partial charge in [0.15, 0.2) is 11.5 Å². The third kappa shape index (κ3) is 3.65. The Bertz CT molecular complexity index is 532. The lowest BCUT2D eigenvalue weighted by Gasteiger charge is -2.07. The summed E-state index contributed by atoms with van der Waals surface area (Å²) in [6, 6.07) is 12.7. The summed E-state index contributed by atoms with van der Waals surface area (Å²) in [4.78, 5) is 0. The molecule has 2 aromatic rings. The minimum Gasteiger partial charge on any atom is -0.508 e. The van der Waals surface area contributed by atoms with Crippen molar-refractivity contribution < 1.29 is 14.9 Å². The lowest BCUT2D eigenvalue weighted by molar-refractivity contribution is 0.373. The number of phenolic OH excluding ortho intramolecular Hbond substituents is 2. The van der Waals surface area contributed by atoms with E-state index >= 15 is 0 Å². The summed E-state index contributed by atoms with van der Waals surface area (Å²) in [5, 5.41) is 18.7. The van der Waals surface area contributed by atoms with E-state index in [1.807, 2.05) is 24.3 Å². The van der Waals surface area contributed by atoms with E-state index in [2.05, 4.69) is 0 Å². The van der Waals surface area contributed by atoms with Crippen molar-refractivity contribution in [2.75, 3.05) is 7.11 Å². The van der Waals surface area contributed by atoms with Crippen molar-refractivity contribution in [1.82, 2.24) is 0 Å². The number of phenols is 2. The summed E-state index contributed by atoms with van der Waals surface area (Å²) in [6.45, 7) is 0. The molecule has 0 heterocycles. The molecule has 0 radical (unpaired) electrons. The largest absolute Gasteiger partial charge is 0.508 e. The molecule has 0 unspecified atom stereocenters. The van der Waals surface area contributed by atoms with Gasteiger partial charge in [0.1, 0.15) is 5.75 Å².